The van der Waals surface area contributed by atoms with Gasteiger partial charge in [0.25, 0.3) is 5.69 Å². The van der Waals surface area contributed by atoms with Crippen molar-refractivity contribution in [3.8, 4) is 0 Å². The van der Waals surface area contributed by atoms with Crippen molar-refractivity contribution in [2.24, 2.45) is 0 Å². The quantitative estimate of drug-likeness (QED) is 0.454. The average Bonchev–Trinajstić information content (AvgIpc) is 2.87. The number of nitro benzene ring substituents is 1. The molecule has 0 N–H and O–H groups in total. The van der Waals surface area contributed by atoms with Gasteiger partial charge in [-0.25, -0.2) is 0 Å². The minimum Gasteiger partial charge on any atom is -0.382 e. The van der Waals surface area contributed by atoms with Gasteiger partial charge in [0.05, 0.1) is 16.2 Å². The number of nitrogens with zero attached hydrogens (tertiary/aromatic N) is 2. The highest BCUT2D eigenvalue weighted by molar-refractivity contribution is 5.96. The van der Waals surface area contributed by atoms with Crippen LogP contribution >= 0.6 is 0 Å². The topological polar surface area (TPSA) is 72.7 Å². The first kappa shape index (κ1) is 14.5. The Morgan fingerprint density at radius 3 is 3.00 bits per heavy atom. The van der Waals surface area contributed by atoms with Crippen LogP contribution in [-0.4, -0.2) is 30.6 Å². The molecule has 108 valence electrons. The van der Waals surface area contributed by atoms with E-state index in [4.69, 9.17) is 4.74 Å². The van der Waals surface area contributed by atoms with E-state index in [0.717, 1.165) is 0 Å². The van der Waals surface area contributed by atoms with Crippen molar-refractivity contribution in [1.29, 1.82) is 0 Å². The van der Waals surface area contributed by atoms with Gasteiger partial charge < -0.3 is 9.64 Å². The SMILES string of the molecule is CCOCCCC(=O)N1CCc2c1cccc2[N+](=O)[O-]. The lowest BCUT2D eigenvalue weighted by Crippen LogP contribution is -2.28. The number of carbonyl (C=O) groups is 1. The second-order valence-corrected chi connectivity index (χ2v) is 4.63. The molecule has 1 aromatic rings. The average molecular weight is 278 g/mol. The Morgan fingerprint density at radius 2 is 2.30 bits per heavy atom. The summed E-state index contributed by atoms with van der Waals surface area (Å²) in [5.74, 6) is 0.00366. The summed E-state index contributed by atoms with van der Waals surface area (Å²) < 4.78 is 5.21. The molecule has 0 radical (unpaired) electrons. The van der Waals surface area contributed by atoms with E-state index in [0.29, 0.717) is 50.3 Å². The fourth-order valence-corrected chi connectivity index (χ4v) is 2.45. The zero-order chi connectivity index (χ0) is 14.5. The minimum absolute atomic E-state index is 0.00366. The third-order valence-electron chi connectivity index (χ3n) is 3.38. The minimum atomic E-state index is -0.387. The van der Waals surface area contributed by atoms with Crippen LogP contribution in [0.1, 0.15) is 25.3 Å². The lowest BCUT2D eigenvalue weighted by atomic mass is 10.1. The fourth-order valence-electron chi connectivity index (χ4n) is 2.45. The Hall–Kier alpha value is -1.95. The molecule has 0 saturated carbocycles. The summed E-state index contributed by atoms with van der Waals surface area (Å²) in [6.45, 7) is 3.65. The second kappa shape index (κ2) is 6.47. The van der Waals surface area contributed by atoms with Gasteiger partial charge in [-0.1, -0.05) is 6.07 Å². The first-order valence-corrected chi connectivity index (χ1v) is 6.79. The van der Waals surface area contributed by atoms with Crippen LogP contribution < -0.4 is 4.90 Å². The van der Waals surface area contributed by atoms with Crippen LogP contribution in [-0.2, 0) is 16.0 Å². The molecule has 1 heterocycles. The number of benzene rings is 1. The Morgan fingerprint density at radius 1 is 1.50 bits per heavy atom. The number of anilines is 1. The molecular formula is C14H18N2O4. The smallest absolute Gasteiger partial charge is 0.274 e. The third kappa shape index (κ3) is 2.96. The summed E-state index contributed by atoms with van der Waals surface area (Å²) in [6, 6.07) is 4.89. The highest BCUT2D eigenvalue weighted by atomic mass is 16.6. The number of amides is 1. The lowest BCUT2D eigenvalue weighted by molar-refractivity contribution is -0.385. The molecule has 0 aliphatic carbocycles. The lowest BCUT2D eigenvalue weighted by Gasteiger charge is -2.17. The summed E-state index contributed by atoms with van der Waals surface area (Å²) in [5.41, 5.74) is 1.45. The monoisotopic (exact) mass is 278 g/mol. The van der Waals surface area contributed by atoms with Crippen LogP contribution in [0.4, 0.5) is 11.4 Å². The van der Waals surface area contributed by atoms with E-state index < -0.39 is 0 Å². The summed E-state index contributed by atoms with van der Waals surface area (Å²) in [4.78, 5) is 24.4. The number of hydrogen-bond donors (Lipinski definition) is 0. The van der Waals surface area contributed by atoms with Gasteiger partial charge in [-0.15, -0.1) is 0 Å². The van der Waals surface area contributed by atoms with E-state index in [-0.39, 0.29) is 16.5 Å². The van der Waals surface area contributed by atoms with Crippen molar-refractivity contribution in [3.63, 3.8) is 0 Å². The van der Waals surface area contributed by atoms with Crippen LogP contribution in [0, 0.1) is 10.1 Å². The predicted molar refractivity (Wildman–Crippen MR) is 74.9 cm³/mol. The van der Waals surface area contributed by atoms with Crippen molar-refractivity contribution >= 4 is 17.3 Å². The van der Waals surface area contributed by atoms with E-state index in [1.54, 1.807) is 17.0 Å². The molecule has 1 aliphatic rings. The Labute approximate surface area is 117 Å². The number of ether oxygens (including phenoxy) is 1. The normalized spacial score (nSPS) is 13.3. The van der Waals surface area contributed by atoms with Crippen LogP contribution in [0.2, 0.25) is 0 Å². The van der Waals surface area contributed by atoms with Gasteiger partial charge in [0, 0.05) is 32.2 Å². The van der Waals surface area contributed by atoms with Crippen molar-refractivity contribution < 1.29 is 14.5 Å². The molecule has 1 aliphatic heterocycles. The molecule has 0 bridgehead atoms. The first-order chi connectivity index (χ1) is 9.65. The number of rotatable bonds is 6. The van der Waals surface area contributed by atoms with Crippen molar-refractivity contribution in [1.82, 2.24) is 0 Å². The molecule has 0 spiro atoms. The number of hydrogen-bond acceptors (Lipinski definition) is 4. The Bertz CT molecular complexity index is 516. The second-order valence-electron chi connectivity index (χ2n) is 4.63. The molecule has 6 heteroatoms. The van der Waals surface area contributed by atoms with E-state index in [1.807, 2.05) is 6.92 Å². The van der Waals surface area contributed by atoms with Crippen molar-refractivity contribution in [2.45, 2.75) is 26.2 Å². The molecule has 1 amide bonds. The van der Waals surface area contributed by atoms with Crippen molar-refractivity contribution in [3.05, 3.63) is 33.9 Å². The molecule has 0 saturated heterocycles. The number of carbonyl (C=O) groups excluding carboxylic acids is 1. The summed E-state index contributed by atoms with van der Waals surface area (Å²) in [5, 5.41) is 11.0. The molecule has 0 aromatic heterocycles. The largest absolute Gasteiger partial charge is 0.382 e. The Balaban J connectivity index is 2.06. The molecule has 6 nitrogen and oxygen atoms in total. The van der Waals surface area contributed by atoms with Gasteiger partial charge in [0.15, 0.2) is 0 Å². The first-order valence-electron chi connectivity index (χ1n) is 6.79. The molecule has 2 rings (SSSR count). The molecular weight excluding hydrogens is 260 g/mol. The molecule has 1 aromatic carbocycles. The van der Waals surface area contributed by atoms with E-state index in [2.05, 4.69) is 0 Å². The van der Waals surface area contributed by atoms with Gasteiger partial charge in [-0.05, 0) is 25.8 Å². The number of nitro groups is 1. The molecule has 0 atom stereocenters. The third-order valence-corrected chi connectivity index (χ3v) is 3.38. The van der Waals surface area contributed by atoms with E-state index >= 15 is 0 Å². The molecule has 20 heavy (non-hydrogen) atoms. The maximum atomic E-state index is 12.2. The van der Waals surface area contributed by atoms with E-state index in [9.17, 15) is 14.9 Å². The van der Waals surface area contributed by atoms with Gasteiger partial charge >= 0.3 is 0 Å². The van der Waals surface area contributed by atoms with Crippen LogP contribution in [0.5, 0.6) is 0 Å². The maximum absolute atomic E-state index is 12.2. The van der Waals surface area contributed by atoms with Gasteiger partial charge in [0.1, 0.15) is 0 Å². The van der Waals surface area contributed by atoms with Gasteiger partial charge in [-0.2, -0.15) is 0 Å². The van der Waals surface area contributed by atoms with Crippen LogP contribution in [0.15, 0.2) is 18.2 Å². The Kier molecular flexibility index (Phi) is 4.68. The van der Waals surface area contributed by atoms with E-state index in [1.165, 1.54) is 6.07 Å². The molecule has 0 fully saturated rings. The zero-order valence-electron chi connectivity index (χ0n) is 11.5. The summed E-state index contributed by atoms with van der Waals surface area (Å²) in [6.07, 6.45) is 1.62. The molecule has 0 unspecified atom stereocenters. The van der Waals surface area contributed by atoms with Gasteiger partial charge in [-0.3, -0.25) is 14.9 Å². The fraction of sp³-hybridized carbons (Fsp3) is 0.500. The zero-order valence-corrected chi connectivity index (χ0v) is 11.5. The summed E-state index contributed by atoms with van der Waals surface area (Å²) >= 11 is 0. The highest BCUT2D eigenvalue weighted by Gasteiger charge is 2.29. The van der Waals surface area contributed by atoms with Gasteiger partial charge in [0.2, 0.25) is 5.91 Å². The summed E-state index contributed by atoms with van der Waals surface area (Å²) in [7, 11) is 0. The van der Waals surface area contributed by atoms with Crippen LogP contribution in [0.3, 0.4) is 0 Å². The highest BCUT2D eigenvalue weighted by Crippen LogP contribution is 2.35. The van der Waals surface area contributed by atoms with Crippen molar-refractivity contribution in [2.75, 3.05) is 24.7 Å². The maximum Gasteiger partial charge on any atom is 0.274 e. The standard InChI is InChI=1S/C14H18N2O4/c1-2-20-10-4-7-14(17)15-9-8-11-12(15)5-3-6-13(11)16(18)19/h3,5-6H,2,4,7-10H2,1H3. The van der Waals surface area contributed by atoms with Crippen LogP contribution in [0.25, 0.3) is 0 Å². The number of fused-ring (bicyclic) bond motifs is 1. The predicted octanol–water partition coefficient (Wildman–Crippen LogP) is 2.30.